The molecule has 4 heteroatoms. The maximum atomic E-state index is 13.2. The third-order valence-corrected chi connectivity index (χ3v) is 4.82. The fraction of sp³-hybridized carbons (Fsp3) is 0.227. The van der Waals surface area contributed by atoms with Crippen molar-refractivity contribution in [2.45, 2.75) is 33.4 Å². The van der Waals surface area contributed by atoms with Crippen molar-refractivity contribution in [2.75, 3.05) is 4.90 Å². The van der Waals surface area contributed by atoms with E-state index in [1.54, 1.807) is 11.3 Å². The second-order valence-corrected chi connectivity index (χ2v) is 7.53. The molecule has 0 N–H and O–H groups in total. The molecule has 1 aromatic heterocycles. The minimum Gasteiger partial charge on any atom is -0.491 e. The molecule has 0 saturated carbocycles. The van der Waals surface area contributed by atoms with Gasteiger partial charge in [0.1, 0.15) is 5.75 Å². The summed E-state index contributed by atoms with van der Waals surface area (Å²) in [4.78, 5) is 16.2. The van der Waals surface area contributed by atoms with Crippen molar-refractivity contribution in [1.29, 1.82) is 0 Å². The van der Waals surface area contributed by atoms with E-state index in [0.717, 1.165) is 16.3 Å². The molecule has 0 aliphatic heterocycles. The van der Waals surface area contributed by atoms with Gasteiger partial charge in [0.15, 0.2) is 0 Å². The normalized spacial score (nSPS) is 10.8. The summed E-state index contributed by atoms with van der Waals surface area (Å²) in [5, 5.41) is 2.03. The van der Waals surface area contributed by atoms with Crippen molar-refractivity contribution < 1.29 is 9.53 Å². The Balaban J connectivity index is 1.87. The lowest BCUT2D eigenvalue weighted by Crippen LogP contribution is -2.30. The summed E-state index contributed by atoms with van der Waals surface area (Å²) in [5.74, 6) is 0.759. The Morgan fingerprint density at radius 1 is 1.04 bits per heavy atom. The molecule has 0 radical (unpaired) electrons. The number of anilines is 1. The van der Waals surface area contributed by atoms with Crippen molar-refractivity contribution in [3.63, 3.8) is 0 Å². The molecule has 0 bridgehead atoms. The fourth-order valence-corrected chi connectivity index (χ4v) is 3.36. The minimum atomic E-state index is -0.0154. The molecule has 0 saturated heterocycles. The first kappa shape index (κ1) is 18.2. The zero-order valence-electron chi connectivity index (χ0n) is 15.3. The zero-order chi connectivity index (χ0) is 18.5. The van der Waals surface area contributed by atoms with E-state index in [0.29, 0.717) is 12.1 Å². The van der Waals surface area contributed by atoms with Gasteiger partial charge in [0.2, 0.25) is 0 Å². The van der Waals surface area contributed by atoms with Crippen LogP contribution in [0.15, 0.2) is 66.0 Å². The summed E-state index contributed by atoms with van der Waals surface area (Å²) in [5.41, 5.74) is 2.72. The van der Waals surface area contributed by atoms with Crippen LogP contribution in [0.1, 0.15) is 34.6 Å². The summed E-state index contributed by atoms with van der Waals surface area (Å²) in [6.07, 6.45) is 0.111. The van der Waals surface area contributed by atoms with Gasteiger partial charge in [-0.3, -0.25) is 4.79 Å². The molecule has 134 valence electrons. The zero-order valence-corrected chi connectivity index (χ0v) is 16.1. The molecule has 3 aromatic rings. The summed E-state index contributed by atoms with van der Waals surface area (Å²) in [6, 6.07) is 19.5. The predicted molar refractivity (Wildman–Crippen MR) is 108 cm³/mol. The van der Waals surface area contributed by atoms with Crippen molar-refractivity contribution in [2.24, 2.45) is 0 Å². The Hall–Kier alpha value is -2.59. The number of nitrogens with zero attached hydrogens (tertiary/aromatic N) is 1. The van der Waals surface area contributed by atoms with Crippen molar-refractivity contribution in [3.8, 4) is 5.75 Å². The first-order valence-electron chi connectivity index (χ1n) is 8.70. The second-order valence-electron chi connectivity index (χ2n) is 6.50. The van der Waals surface area contributed by atoms with Gasteiger partial charge in [-0.25, -0.2) is 0 Å². The van der Waals surface area contributed by atoms with Crippen molar-refractivity contribution in [1.82, 2.24) is 0 Å². The lowest BCUT2D eigenvalue weighted by molar-refractivity contribution is 0.0985. The van der Waals surface area contributed by atoms with Crippen LogP contribution in [0.4, 0.5) is 5.69 Å². The van der Waals surface area contributed by atoms with Crippen LogP contribution in [0.3, 0.4) is 0 Å². The lowest BCUT2D eigenvalue weighted by Gasteiger charge is -2.23. The number of amides is 1. The van der Waals surface area contributed by atoms with Crippen LogP contribution in [-0.2, 0) is 6.54 Å². The Morgan fingerprint density at radius 3 is 2.31 bits per heavy atom. The van der Waals surface area contributed by atoms with E-state index in [4.69, 9.17) is 4.74 Å². The first-order valence-corrected chi connectivity index (χ1v) is 9.58. The average molecular weight is 365 g/mol. The topological polar surface area (TPSA) is 29.5 Å². The van der Waals surface area contributed by atoms with Gasteiger partial charge in [-0.15, -0.1) is 11.3 Å². The summed E-state index contributed by atoms with van der Waals surface area (Å²) < 4.78 is 5.67. The molecule has 1 amide bonds. The number of carbonyl (C=O) groups excluding carboxylic acids is 1. The number of carbonyl (C=O) groups is 1. The van der Waals surface area contributed by atoms with Crippen LogP contribution < -0.4 is 9.64 Å². The highest BCUT2D eigenvalue weighted by Crippen LogP contribution is 2.24. The molecule has 0 aliphatic carbocycles. The molecule has 0 unspecified atom stereocenters. The first-order chi connectivity index (χ1) is 12.5. The molecule has 26 heavy (non-hydrogen) atoms. The Labute approximate surface area is 158 Å². The summed E-state index contributed by atoms with van der Waals surface area (Å²) in [7, 11) is 0. The molecule has 1 heterocycles. The monoisotopic (exact) mass is 365 g/mol. The van der Waals surface area contributed by atoms with E-state index >= 15 is 0 Å². The van der Waals surface area contributed by atoms with Crippen LogP contribution in [-0.4, -0.2) is 12.0 Å². The second kappa shape index (κ2) is 8.19. The SMILES string of the molecule is Cc1ccc(N(Cc2cccs2)C(=O)c2ccc(OC(C)C)cc2)cc1. The smallest absolute Gasteiger partial charge is 0.258 e. The van der Waals surface area contributed by atoms with E-state index in [-0.39, 0.29) is 12.0 Å². The number of hydrogen-bond donors (Lipinski definition) is 0. The van der Waals surface area contributed by atoms with Gasteiger partial charge in [-0.2, -0.15) is 0 Å². The fourth-order valence-electron chi connectivity index (χ4n) is 2.67. The van der Waals surface area contributed by atoms with Gasteiger partial charge in [-0.1, -0.05) is 23.8 Å². The van der Waals surface area contributed by atoms with E-state index in [1.165, 1.54) is 5.56 Å². The standard InChI is InChI=1S/C22H23NO2S/c1-16(2)25-20-12-8-18(9-13-20)22(24)23(15-21-5-4-14-26-21)19-10-6-17(3)7-11-19/h4-14,16H,15H2,1-3H3. The molecule has 0 atom stereocenters. The van der Waals surface area contributed by atoms with Crippen molar-refractivity contribution >= 4 is 22.9 Å². The summed E-state index contributed by atoms with van der Waals surface area (Å²) >= 11 is 1.66. The number of aryl methyl sites for hydroxylation is 1. The highest BCUT2D eigenvalue weighted by atomic mass is 32.1. The molecule has 0 spiro atoms. The molecular formula is C22H23NO2S. The van der Waals surface area contributed by atoms with Crippen molar-refractivity contribution in [3.05, 3.63) is 82.0 Å². The molecular weight excluding hydrogens is 342 g/mol. The number of thiophene rings is 1. The maximum Gasteiger partial charge on any atom is 0.258 e. The molecule has 2 aromatic carbocycles. The minimum absolute atomic E-state index is 0.0154. The van der Waals surface area contributed by atoms with Gasteiger partial charge in [0.25, 0.3) is 5.91 Å². The summed E-state index contributed by atoms with van der Waals surface area (Å²) in [6.45, 7) is 6.57. The highest BCUT2D eigenvalue weighted by Gasteiger charge is 2.19. The van der Waals surface area contributed by atoms with Gasteiger partial charge in [0, 0.05) is 16.1 Å². The molecule has 0 aliphatic rings. The average Bonchev–Trinajstić information content (AvgIpc) is 3.13. The van der Waals surface area contributed by atoms with E-state index in [2.05, 4.69) is 6.07 Å². The maximum absolute atomic E-state index is 13.2. The largest absolute Gasteiger partial charge is 0.491 e. The Morgan fingerprint density at radius 2 is 1.73 bits per heavy atom. The molecule has 3 nitrogen and oxygen atoms in total. The Kier molecular flexibility index (Phi) is 5.74. The van der Waals surface area contributed by atoms with Gasteiger partial charge in [-0.05, 0) is 68.6 Å². The number of ether oxygens (including phenoxy) is 1. The van der Waals surface area contributed by atoms with Crippen LogP contribution in [0.25, 0.3) is 0 Å². The Bertz CT molecular complexity index is 837. The number of benzene rings is 2. The van der Waals surface area contributed by atoms with Crippen LogP contribution >= 0.6 is 11.3 Å². The van der Waals surface area contributed by atoms with E-state index in [1.807, 2.05) is 85.6 Å². The number of rotatable bonds is 6. The number of hydrogen-bond acceptors (Lipinski definition) is 3. The highest BCUT2D eigenvalue weighted by molar-refractivity contribution is 7.09. The third-order valence-electron chi connectivity index (χ3n) is 3.96. The van der Waals surface area contributed by atoms with Gasteiger partial charge < -0.3 is 9.64 Å². The van der Waals surface area contributed by atoms with Crippen LogP contribution in [0.2, 0.25) is 0 Å². The van der Waals surface area contributed by atoms with Crippen LogP contribution in [0, 0.1) is 6.92 Å². The molecule has 3 rings (SSSR count). The lowest BCUT2D eigenvalue weighted by atomic mass is 10.1. The third kappa shape index (κ3) is 4.52. The molecule has 0 fully saturated rings. The van der Waals surface area contributed by atoms with E-state index < -0.39 is 0 Å². The van der Waals surface area contributed by atoms with Crippen LogP contribution in [0.5, 0.6) is 5.75 Å². The van der Waals surface area contributed by atoms with Gasteiger partial charge >= 0.3 is 0 Å². The quantitative estimate of drug-likeness (QED) is 0.561. The van der Waals surface area contributed by atoms with E-state index in [9.17, 15) is 4.79 Å². The predicted octanol–water partition coefficient (Wildman–Crippen LogP) is 5.69. The van der Waals surface area contributed by atoms with Gasteiger partial charge in [0.05, 0.1) is 12.6 Å².